The van der Waals surface area contributed by atoms with Gasteiger partial charge >= 0.3 is 0 Å². The summed E-state index contributed by atoms with van der Waals surface area (Å²) < 4.78 is 0. The first-order valence-electron chi connectivity index (χ1n) is 6.81. The van der Waals surface area contributed by atoms with Gasteiger partial charge < -0.3 is 10.3 Å². The van der Waals surface area contributed by atoms with Crippen LogP contribution in [0.4, 0.5) is 0 Å². The van der Waals surface area contributed by atoms with Crippen molar-refractivity contribution < 1.29 is 0 Å². The Bertz CT molecular complexity index is 725. The molecule has 2 aromatic rings. The van der Waals surface area contributed by atoms with E-state index in [1.165, 1.54) is 0 Å². The van der Waals surface area contributed by atoms with Crippen LogP contribution in [-0.4, -0.2) is 9.97 Å². The van der Waals surface area contributed by atoms with Gasteiger partial charge in [-0.1, -0.05) is 12.1 Å². The van der Waals surface area contributed by atoms with E-state index >= 15 is 0 Å². The zero-order chi connectivity index (χ0) is 15.4. The van der Waals surface area contributed by atoms with E-state index in [2.05, 4.69) is 21.4 Å². The fourth-order valence-electron chi connectivity index (χ4n) is 2.32. The first kappa shape index (κ1) is 14.9. The molecule has 0 aliphatic carbocycles. The fraction of sp³-hybridized carbons (Fsp3) is 0.312. The molecule has 108 valence electrons. The molecule has 0 aliphatic rings. The average molecular weight is 282 g/mol. The molecule has 0 aliphatic heterocycles. The number of nitriles is 1. The molecule has 0 fully saturated rings. The van der Waals surface area contributed by atoms with Crippen molar-refractivity contribution >= 4 is 0 Å². The Morgan fingerprint density at radius 2 is 2.00 bits per heavy atom. The molecule has 1 atom stereocenters. The number of rotatable bonds is 4. The molecule has 1 unspecified atom stereocenters. The summed E-state index contributed by atoms with van der Waals surface area (Å²) in [6.07, 6.45) is 0. The van der Waals surface area contributed by atoms with E-state index in [-0.39, 0.29) is 11.6 Å². The summed E-state index contributed by atoms with van der Waals surface area (Å²) >= 11 is 0. The third-order valence-corrected chi connectivity index (χ3v) is 3.39. The van der Waals surface area contributed by atoms with Gasteiger partial charge in [-0.3, -0.25) is 4.79 Å². The van der Waals surface area contributed by atoms with E-state index in [0.717, 1.165) is 11.3 Å². The molecular weight excluding hydrogens is 264 g/mol. The lowest BCUT2D eigenvalue weighted by molar-refractivity contribution is 0.562. The van der Waals surface area contributed by atoms with Crippen molar-refractivity contribution in [3.63, 3.8) is 0 Å². The number of aromatic nitrogens is 2. The molecule has 0 spiro atoms. The lowest BCUT2D eigenvalue weighted by Crippen LogP contribution is -2.27. The van der Waals surface area contributed by atoms with Gasteiger partial charge in [-0.05, 0) is 38.5 Å². The topological polar surface area (TPSA) is 81.6 Å². The van der Waals surface area contributed by atoms with Gasteiger partial charge in [0.05, 0.1) is 17.2 Å². The average Bonchev–Trinajstić information content (AvgIpc) is 2.44. The second kappa shape index (κ2) is 6.33. The highest BCUT2D eigenvalue weighted by molar-refractivity contribution is 5.31. The summed E-state index contributed by atoms with van der Waals surface area (Å²) in [5, 5.41) is 12.1. The van der Waals surface area contributed by atoms with E-state index in [1.807, 2.05) is 26.0 Å². The van der Waals surface area contributed by atoms with E-state index in [1.54, 1.807) is 19.1 Å². The highest BCUT2D eigenvalue weighted by atomic mass is 16.1. The third-order valence-electron chi connectivity index (χ3n) is 3.39. The van der Waals surface area contributed by atoms with Crippen LogP contribution in [0, 0.1) is 25.2 Å². The minimum Gasteiger partial charge on any atom is -0.310 e. The van der Waals surface area contributed by atoms with Crippen molar-refractivity contribution in [1.29, 1.82) is 5.26 Å². The Kier molecular flexibility index (Phi) is 4.51. The van der Waals surface area contributed by atoms with Crippen LogP contribution in [0.5, 0.6) is 0 Å². The Hall–Kier alpha value is -2.45. The summed E-state index contributed by atoms with van der Waals surface area (Å²) in [6.45, 7) is 6.18. The van der Waals surface area contributed by atoms with Crippen LogP contribution in [0.25, 0.3) is 0 Å². The lowest BCUT2D eigenvalue weighted by Gasteiger charge is -2.15. The molecule has 1 aromatic carbocycles. The van der Waals surface area contributed by atoms with E-state index in [9.17, 15) is 4.79 Å². The predicted molar refractivity (Wildman–Crippen MR) is 80.7 cm³/mol. The van der Waals surface area contributed by atoms with E-state index in [0.29, 0.717) is 23.5 Å². The Morgan fingerprint density at radius 3 is 2.57 bits per heavy atom. The van der Waals surface area contributed by atoms with E-state index in [4.69, 9.17) is 5.26 Å². The number of aryl methyl sites for hydroxylation is 2. The molecule has 5 nitrogen and oxygen atoms in total. The Labute approximate surface area is 123 Å². The Morgan fingerprint density at radius 1 is 1.33 bits per heavy atom. The number of nitrogens with one attached hydrogen (secondary N) is 2. The van der Waals surface area contributed by atoms with Crippen molar-refractivity contribution in [3.8, 4) is 6.07 Å². The molecule has 0 bridgehead atoms. The minimum absolute atomic E-state index is 0.0974. The Balaban J connectivity index is 2.10. The number of hydrogen-bond donors (Lipinski definition) is 2. The van der Waals surface area contributed by atoms with Crippen molar-refractivity contribution in [2.24, 2.45) is 0 Å². The SMILES string of the molecule is Cc1nc(C)c(C(C)NCc2ccc(C#N)cc2)c(=O)[nH]1. The highest BCUT2D eigenvalue weighted by Crippen LogP contribution is 2.12. The van der Waals surface area contributed by atoms with Crippen LogP contribution in [0.15, 0.2) is 29.1 Å². The molecule has 1 aromatic heterocycles. The van der Waals surface area contributed by atoms with Gasteiger partial charge in [0.1, 0.15) is 5.82 Å². The largest absolute Gasteiger partial charge is 0.310 e. The molecule has 2 rings (SSSR count). The first-order valence-corrected chi connectivity index (χ1v) is 6.81. The molecule has 0 saturated heterocycles. The smallest absolute Gasteiger partial charge is 0.255 e. The summed E-state index contributed by atoms with van der Waals surface area (Å²) in [7, 11) is 0. The van der Waals surface area contributed by atoms with Crippen LogP contribution in [0.2, 0.25) is 0 Å². The number of aromatic amines is 1. The zero-order valence-corrected chi connectivity index (χ0v) is 12.4. The lowest BCUT2D eigenvalue weighted by atomic mass is 10.1. The van der Waals surface area contributed by atoms with Gasteiger partial charge in [0.2, 0.25) is 0 Å². The normalized spacial score (nSPS) is 11.9. The van der Waals surface area contributed by atoms with Gasteiger partial charge in [-0.2, -0.15) is 5.26 Å². The maximum absolute atomic E-state index is 12.0. The standard InChI is InChI=1S/C16H18N4O/c1-10(15-11(2)19-12(3)20-16(15)21)18-9-14-6-4-13(8-17)5-7-14/h4-7,10,18H,9H2,1-3H3,(H,19,20,21). The van der Waals surface area contributed by atoms with Gasteiger partial charge in [-0.25, -0.2) is 4.98 Å². The van der Waals surface area contributed by atoms with Crippen LogP contribution in [-0.2, 0) is 6.54 Å². The number of benzene rings is 1. The summed E-state index contributed by atoms with van der Waals surface area (Å²) in [5.74, 6) is 0.626. The molecular formula is C16H18N4O. The maximum atomic E-state index is 12.0. The summed E-state index contributed by atoms with van der Waals surface area (Å²) in [6, 6.07) is 9.37. The number of H-pyrrole nitrogens is 1. The van der Waals surface area contributed by atoms with Gasteiger partial charge in [-0.15, -0.1) is 0 Å². The van der Waals surface area contributed by atoms with Crippen molar-refractivity contribution in [1.82, 2.24) is 15.3 Å². The number of hydrogen-bond acceptors (Lipinski definition) is 4. The van der Waals surface area contributed by atoms with Crippen LogP contribution in [0.1, 0.15) is 41.2 Å². The molecule has 21 heavy (non-hydrogen) atoms. The van der Waals surface area contributed by atoms with Gasteiger partial charge in [0, 0.05) is 18.3 Å². The predicted octanol–water partition coefficient (Wildman–Crippen LogP) is 2.11. The van der Waals surface area contributed by atoms with E-state index < -0.39 is 0 Å². The van der Waals surface area contributed by atoms with Crippen molar-refractivity contribution in [2.75, 3.05) is 0 Å². The molecule has 2 N–H and O–H groups in total. The highest BCUT2D eigenvalue weighted by Gasteiger charge is 2.14. The minimum atomic E-state index is -0.0995. The third kappa shape index (κ3) is 3.56. The van der Waals surface area contributed by atoms with Crippen LogP contribution >= 0.6 is 0 Å². The van der Waals surface area contributed by atoms with Crippen molar-refractivity contribution in [3.05, 3.63) is 62.8 Å². The number of nitrogens with zero attached hydrogens (tertiary/aromatic N) is 2. The zero-order valence-electron chi connectivity index (χ0n) is 12.4. The van der Waals surface area contributed by atoms with Crippen LogP contribution in [0.3, 0.4) is 0 Å². The molecule has 5 heteroatoms. The molecule has 0 radical (unpaired) electrons. The molecule has 0 amide bonds. The van der Waals surface area contributed by atoms with Crippen molar-refractivity contribution in [2.45, 2.75) is 33.4 Å². The first-order chi connectivity index (χ1) is 10.0. The van der Waals surface area contributed by atoms with Gasteiger partial charge in [0.25, 0.3) is 5.56 Å². The molecule has 1 heterocycles. The summed E-state index contributed by atoms with van der Waals surface area (Å²) in [5.41, 5.74) is 3.02. The van der Waals surface area contributed by atoms with Crippen LogP contribution < -0.4 is 10.9 Å². The monoisotopic (exact) mass is 282 g/mol. The fourth-order valence-corrected chi connectivity index (χ4v) is 2.32. The summed E-state index contributed by atoms with van der Waals surface area (Å²) in [4.78, 5) is 19.1. The maximum Gasteiger partial charge on any atom is 0.255 e. The second-order valence-corrected chi connectivity index (χ2v) is 5.06. The second-order valence-electron chi connectivity index (χ2n) is 5.06. The quantitative estimate of drug-likeness (QED) is 0.900. The van der Waals surface area contributed by atoms with Gasteiger partial charge in [0.15, 0.2) is 0 Å². The molecule has 0 saturated carbocycles.